The largest absolute Gasteiger partial charge is 0.491 e. The quantitative estimate of drug-likeness (QED) is 0.273. The number of fused-ring (bicyclic) bond motifs is 1. The van der Waals surface area contributed by atoms with Gasteiger partial charge in [-0.25, -0.2) is 4.98 Å². The molecule has 4 aromatic rings. The highest BCUT2D eigenvalue weighted by Gasteiger charge is 2.11. The summed E-state index contributed by atoms with van der Waals surface area (Å²) in [5.74, 6) is 1.84. The van der Waals surface area contributed by atoms with Crippen molar-refractivity contribution in [3.63, 3.8) is 0 Å². The molecule has 1 aromatic heterocycles. The molecule has 0 radical (unpaired) electrons. The first-order valence-corrected chi connectivity index (χ1v) is 11.3. The molecule has 1 N–H and O–H groups in total. The molecular formula is C28H29N3O2. The summed E-state index contributed by atoms with van der Waals surface area (Å²) in [4.78, 5) is 16.9. The van der Waals surface area contributed by atoms with E-state index in [-0.39, 0.29) is 5.91 Å². The number of nitrogens with one attached hydrogen (secondary N) is 1. The fourth-order valence-electron chi connectivity index (χ4n) is 3.78. The molecular weight excluding hydrogens is 410 g/mol. The number of ether oxygens (including phenoxy) is 1. The minimum absolute atomic E-state index is 0.0843. The van der Waals surface area contributed by atoms with E-state index in [0.29, 0.717) is 13.2 Å². The number of amides is 1. The number of aryl methyl sites for hydroxylation is 2. The van der Waals surface area contributed by atoms with Crippen molar-refractivity contribution in [1.29, 1.82) is 0 Å². The molecule has 0 bridgehead atoms. The molecule has 0 saturated carbocycles. The van der Waals surface area contributed by atoms with Crippen LogP contribution in [0.4, 0.5) is 0 Å². The zero-order chi connectivity index (χ0) is 22.9. The van der Waals surface area contributed by atoms with Crippen molar-refractivity contribution in [3.8, 4) is 5.75 Å². The monoisotopic (exact) mass is 439 g/mol. The van der Waals surface area contributed by atoms with Crippen molar-refractivity contribution >= 4 is 23.0 Å². The average molecular weight is 440 g/mol. The third-order valence-corrected chi connectivity index (χ3v) is 5.50. The van der Waals surface area contributed by atoms with Crippen molar-refractivity contribution in [2.24, 2.45) is 0 Å². The van der Waals surface area contributed by atoms with Gasteiger partial charge in [0.05, 0.1) is 17.6 Å². The predicted octanol–water partition coefficient (Wildman–Crippen LogP) is 5.19. The average Bonchev–Trinajstić information content (AvgIpc) is 3.20. The molecule has 5 heteroatoms. The van der Waals surface area contributed by atoms with Crippen molar-refractivity contribution in [2.45, 2.75) is 26.3 Å². The van der Waals surface area contributed by atoms with E-state index in [1.165, 1.54) is 0 Å². The number of para-hydroxylation sites is 3. The Morgan fingerprint density at radius 3 is 2.61 bits per heavy atom. The fourth-order valence-corrected chi connectivity index (χ4v) is 3.78. The molecule has 0 spiro atoms. The number of benzene rings is 3. The summed E-state index contributed by atoms with van der Waals surface area (Å²) in [7, 11) is 0. The third kappa shape index (κ3) is 6.10. The molecule has 0 aliphatic carbocycles. The summed E-state index contributed by atoms with van der Waals surface area (Å²) in [5.41, 5.74) is 4.23. The highest BCUT2D eigenvalue weighted by atomic mass is 16.5. The first-order valence-electron chi connectivity index (χ1n) is 11.3. The van der Waals surface area contributed by atoms with E-state index >= 15 is 0 Å². The van der Waals surface area contributed by atoms with Gasteiger partial charge in [-0.2, -0.15) is 0 Å². The zero-order valence-electron chi connectivity index (χ0n) is 18.9. The number of hydrogen-bond donors (Lipinski definition) is 1. The van der Waals surface area contributed by atoms with Crippen LogP contribution in [0.2, 0.25) is 0 Å². The molecule has 0 fully saturated rings. The van der Waals surface area contributed by atoms with Crippen molar-refractivity contribution in [3.05, 3.63) is 102 Å². The van der Waals surface area contributed by atoms with Gasteiger partial charge in [0.1, 0.15) is 18.2 Å². The van der Waals surface area contributed by atoms with E-state index in [4.69, 9.17) is 9.72 Å². The molecule has 1 amide bonds. The number of rotatable bonds is 10. The Morgan fingerprint density at radius 1 is 1.00 bits per heavy atom. The second-order valence-corrected chi connectivity index (χ2v) is 7.92. The second-order valence-electron chi connectivity index (χ2n) is 7.92. The summed E-state index contributed by atoms with van der Waals surface area (Å²) in [6.07, 6.45) is 4.99. The van der Waals surface area contributed by atoms with E-state index in [2.05, 4.69) is 28.9 Å². The van der Waals surface area contributed by atoms with Gasteiger partial charge in [0.2, 0.25) is 5.91 Å². The maximum absolute atomic E-state index is 12.1. The van der Waals surface area contributed by atoms with Crippen LogP contribution in [0.15, 0.2) is 84.9 Å². The zero-order valence-corrected chi connectivity index (χ0v) is 18.9. The normalized spacial score (nSPS) is 11.2. The molecule has 1 heterocycles. The Bertz CT molecular complexity index is 1230. The molecule has 0 saturated heterocycles. The Labute approximate surface area is 194 Å². The van der Waals surface area contributed by atoms with Gasteiger partial charge in [-0.15, -0.1) is 0 Å². The van der Waals surface area contributed by atoms with Crippen LogP contribution in [0.3, 0.4) is 0 Å². The predicted molar refractivity (Wildman–Crippen MR) is 133 cm³/mol. The lowest BCUT2D eigenvalue weighted by molar-refractivity contribution is -0.116. The van der Waals surface area contributed by atoms with Crippen LogP contribution in [-0.4, -0.2) is 28.6 Å². The Morgan fingerprint density at radius 2 is 1.76 bits per heavy atom. The number of aromatic nitrogens is 2. The van der Waals surface area contributed by atoms with E-state index < -0.39 is 0 Å². The summed E-state index contributed by atoms with van der Waals surface area (Å²) in [6.45, 7) is 3.94. The van der Waals surface area contributed by atoms with E-state index in [0.717, 1.165) is 53.1 Å². The summed E-state index contributed by atoms with van der Waals surface area (Å²) in [6, 6.07) is 26.0. The molecule has 168 valence electrons. The Balaban J connectivity index is 1.33. The first kappa shape index (κ1) is 22.3. The van der Waals surface area contributed by atoms with Gasteiger partial charge in [0.25, 0.3) is 0 Å². The highest BCUT2D eigenvalue weighted by molar-refractivity contribution is 5.91. The van der Waals surface area contributed by atoms with Gasteiger partial charge >= 0.3 is 0 Å². The van der Waals surface area contributed by atoms with Gasteiger partial charge in [0.15, 0.2) is 0 Å². The topological polar surface area (TPSA) is 56.1 Å². The summed E-state index contributed by atoms with van der Waals surface area (Å²) in [5, 5.41) is 2.96. The first-order chi connectivity index (χ1) is 16.2. The molecule has 0 aliphatic heterocycles. The van der Waals surface area contributed by atoms with Crippen LogP contribution in [0.5, 0.6) is 5.75 Å². The summed E-state index contributed by atoms with van der Waals surface area (Å²) < 4.78 is 8.25. The van der Waals surface area contributed by atoms with Crippen LogP contribution in [0, 0.1) is 6.92 Å². The van der Waals surface area contributed by atoms with E-state index in [1.54, 1.807) is 6.08 Å². The van der Waals surface area contributed by atoms with Crippen LogP contribution in [0.1, 0.15) is 23.4 Å². The lowest BCUT2D eigenvalue weighted by Crippen LogP contribution is -2.23. The van der Waals surface area contributed by atoms with Crippen LogP contribution in [0.25, 0.3) is 17.1 Å². The summed E-state index contributed by atoms with van der Waals surface area (Å²) >= 11 is 0. The number of carbonyl (C=O) groups excluding carboxylic acids is 1. The van der Waals surface area contributed by atoms with Crippen molar-refractivity contribution in [2.75, 3.05) is 13.2 Å². The molecule has 33 heavy (non-hydrogen) atoms. The SMILES string of the molecule is Cc1ccccc1OCCn1c(CCCNC(=O)/C=C/c2ccccc2)nc2ccccc21. The molecule has 0 aliphatic rings. The number of nitrogens with zero attached hydrogens (tertiary/aromatic N) is 2. The number of hydrogen-bond acceptors (Lipinski definition) is 3. The van der Waals surface area contributed by atoms with Crippen molar-refractivity contribution in [1.82, 2.24) is 14.9 Å². The maximum Gasteiger partial charge on any atom is 0.243 e. The molecule has 4 rings (SSSR count). The van der Waals surface area contributed by atoms with Crippen molar-refractivity contribution < 1.29 is 9.53 Å². The molecule has 5 nitrogen and oxygen atoms in total. The standard InChI is InChI=1S/C28H29N3O2/c1-22-10-5-8-15-26(22)33-21-20-31-25-14-7-6-13-24(25)30-27(31)16-9-19-29-28(32)18-17-23-11-3-2-4-12-23/h2-8,10-15,17-18H,9,16,19-21H2,1H3,(H,29,32)/b18-17+. The minimum Gasteiger partial charge on any atom is -0.491 e. The van der Waals surface area contributed by atoms with Crippen LogP contribution >= 0.6 is 0 Å². The third-order valence-electron chi connectivity index (χ3n) is 5.50. The fraction of sp³-hybridized carbons (Fsp3) is 0.214. The van der Waals surface area contributed by atoms with Gasteiger partial charge < -0.3 is 14.6 Å². The van der Waals surface area contributed by atoms with E-state index in [1.807, 2.05) is 72.8 Å². The van der Waals surface area contributed by atoms with Crippen LogP contribution < -0.4 is 10.1 Å². The molecule has 3 aromatic carbocycles. The van der Waals surface area contributed by atoms with Gasteiger partial charge in [-0.1, -0.05) is 60.7 Å². The highest BCUT2D eigenvalue weighted by Crippen LogP contribution is 2.19. The molecule has 0 atom stereocenters. The smallest absolute Gasteiger partial charge is 0.243 e. The van der Waals surface area contributed by atoms with Crippen LogP contribution in [-0.2, 0) is 17.8 Å². The van der Waals surface area contributed by atoms with Gasteiger partial charge in [0, 0.05) is 19.0 Å². The number of carbonyl (C=O) groups is 1. The molecule has 0 unspecified atom stereocenters. The minimum atomic E-state index is -0.0843. The number of imidazole rings is 1. The Kier molecular flexibility index (Phi) is 7.54. The van der Waals surface area contributed by atoms with Gasteiger partial charge in [-0.05, 0) is 48.7 Å². The second kappa shape index (κ2) is 11.1. The lowest BCUT2D eigenvalue weighted by Gasteiger charge is -2.12. The lowest BCUT2D eigenvalue weighted by atomic mass is 10.2. The maximum atomic E-state index is 12.1. The van der Waals surface area contributed by atoms with Gasteiger partial charge in [-0.3, -0.25) is 4.79 Å². The van der Waals surface area contributed by atoms with E-state index in [9.17, 15) is 4.79 Å². The Hall–Kier alpha value is -3.86.